The van der Waals surface area contributed by atoms with Crippen molar-refractivity contribution in [3.05, 3.63) is 65.0 Å². The van der Waals surface area contributed by atoms with Gasteiger partial charge in [-0.25, -0.2) is 4.98 Å². The van der Waals surface area contributed by atoms with Crippen molar-refractivity contribution in [2.45, 2.75) is 39.5 Å². The lowest BCUT2D eigenvalue weighted by Gasteiger charge is -2.21. The zero-order chi connectivity index (χ0) is 17.0. The molecule has 3 aromatic rings. The first kappa shape index (κ1) is 15.0. The molecule has 0 saturated heterocycles. The third-order valence-electron chi connectivity index (χ3n) is 5.11. The molecular formula is C21H22N2O. The molecule has 0 aliphatic carbocycles. The van der Waals surface area contributed by atoms with Gasteiger partial charge in [-0.05, 0) is 47.2 Å². The van der Waals surface area contributed by atoms with Crippen molar-refractivity contribution < 1.29 is 5.11 Å². The fourth-order valence-corrected chi connectivity index (χ4v) is 4.05. The maximum absolute atomic E-state index is 10.1. The van der Waals surface area contributed by atoms with Gasteiger partial charge in [-0.3, -0.25) is 4.57 Å². The summed E-state index contributed by atoms with van der Waals surface area (Å²) in [6.45, 7) is 8.77. The largest absolute Gasteiger partial charge is 0.508 e. The van der Waals surface area contributed by atoms with E-state index in [0.29, 0.717) is 11.7 Å². The second kappa shape index (κ2) is 5.23. The Kier molecular flexibility index (Phi) is 3.27. The Labute approximate surface area is 142 Å². The lowest BCUT2D eigenvalue weighted by molar-refractivity contribution is 0.474. The average Bonchev–Trinajstić information content (AvgIpc) is 2.98. The van der Waals surface area contributed by atoms with Crippen LogP contribution in [-0.2, 0) is 0 Å². The molecule has 0 fully saturated rings. The van der Waals surface area contributed by atoms with Crippen molar-refractivity contribution in [3.8, 4) is 22.8 Å². The SMILES string of the molecule is Cc1cc(O)cc2c1C(C)c1cccc(C(C)C)c1-n1ccnc1-2. The molecule has 1 unspecified atom stereocenters. The van der Waals surface area contributed by atoms with Gasteiger partial charge in [-0.15, -0.1) is 0 Å². The maximum Gasteiger partial charge on any atom is 0.144 e. The summed E-state index contributed by atoms with van der Waals surface area (Å²) in [5, 5.41) is 10.1. The van der Waals surface area contributed by atoms with E-state index in [9.17, 15) is 5.11 Å². The number of aromatic nitrogens is 2. The van der Waals surface area contributed by atoms with E-state index in [-0.39, 0.29) is 5.92 Å². The van der Waals surface area contributed by atoms with Crippen molar-refractivity contribution in [3.63, 3.8) is 0 Å². The Hall–Kier alpha value is -2.55. The quantitative estimate of drug-likeness (QED) is 0.674. The van der Waals surface area contributed by atoms with Crippen molar-refractivity contribution in [2.75, 3.05) is 0 Å². The van der Waals surface area contributed by atoms with E-state index in [0.717, 1.165) is 17.0 Å². The number of para-hydroxylation sites is 1. The Bertz CT molecular complexity index is 937. The lowest BCUT2D eigenvalue weighted by Crippen LogP contribution is -2.06. The van der Waals surface area contributed by atoms with Crippen molar-refractivity contribution >= 4 is 0 Å². The van der Waals surface area contributed by atoms with Gasteiger partial charge < -0.3 is 5.11 Å². The minimum atomic E-state index is 0.246. The molecule has 3 heteroatoms. The van der Waals surface area contributed by atoms with Gasteiger partial charge in [0.1, 0.15) is 11.6 Å². The molecule has 1 N–H and O–H groups in total. The number of imidazole rings is 1. The number of aromatic hydroxyl groups is 1. The second-order valence-corrected chi connectivity index (χ2v) is 7.01. The van der Waals surface area contributed by atoms with Gasteiger partial charge in [-0.1, -0.05) is 39.0 Å². The van der Waals surface area contributed by atoms with Crippen LogP contribution >= 0.6 is 0 Å². The van der Waals surface area contributed by atoms with Crippen LogP contribution in [0.25, 0.3) is 17.1 Å². The number of hydrogen-bond acceptors (Lipinski definition) is 2. The van der Waals surface area contributed by atoms with Crippen molar-refractivity contribution in [1.82, 2.24) is 9.55 Å². The highest BCUT2D eigenvalue weighted by molar-refractivity contribution is 5.73. The summed E-state index contributed by atoms with van der Waals surface area (Å²) in [6, 6.07) is 10.3. The summed E-state index contributed by atoms with van der Waals surface area (Å²) in [7, 11) is 0. The van der Waals surface area contributed by atoms with Gasteiger partial charge in [0.2, 0.25) is 0 Å². The van der Waals surface area contributed by atoms with E-state index in [1.807, 2.05) is 24.5 Å². The molecule has 1 aliphatic heterocycles. The summed E-state index contributed by atoms with van der Waals surface area (Å²) in [5.74, 6) is 1.87. The van der Waals surface area contributed by atoms with Gasteiger partial charge in [0.15, 0.2) is 0 Å². The fourth-order valence-electron chi connectivity index (χ4n) is 4.05. The monoisotopic (exact) mass is 318 g/mol. The molecule has 1 atom stereocenters. The molecule has 0 amide bonds. The predicted molar refractivity (Wildman–Crippen MR) is 97.0 cm³/mol. The van der Waals surface area contributed by atoms with Crippen LogP contribution in [0.15, 0.2) is 42.7 Å². The van der Waals surface area contributed by atoms with Crippen LogP contribution in [0.3, 0.4) is 0 Å². The first-order valence-corrected chi connectivity index (χ1v) is 8.49. The highest BCUT2D eigenvalue weighted by Crippen LogP contribution is 2.44. The summed E-state index contributed by atoms with van der Waals surface area (Å²) < 4.78 is 2.19. The Morgan fingerprint density at radius 1 is 1.21 bits per heavy atom. The highest BCUT2D eigenvalue weighted by atomic mass is 16.3. The number of rotatable bonds is 1. The standard InChI is InChI=1S/C21H22N2O/c1-12(2)16-6-5-7-17-14(4)19-13(3)10-15(24)11-18(19)21-22-8-9-23(21)20(16)17/h5-12,14,24H,1-4H3. The normalized spacial score (nSPS) is 15.6. The molecular weight excluding hydrogens is 296 g/mol. The Morgan fingerprint density at radius 3 is 2.75 bits per heavy atom. The van der Waals surface area contributed by atoms with Crippen LogP contribution < -0.4 is 0 Å². The number of nitrogens with zero attached hydrogens (tertiary/aromatic N) is 2. The van der Waals surface area contributed by atoms with Crippen LogP contribution in [0.1, 0.15) is 54.9 Å². The smallest absolute Gasteiger partial charge is 0.144 e. The third-order valence-corrected chi connectivity index (χ3v) is 5.11. The number of hydrogen-bond donors (Lipinski definition) is 1. The molecule has 2 aromatic carbocycles. The van der Waals surface area contributed by atoms with Gasteiger partial charge in [-0.2, -0.15) is 0 Å². The van der Waals surface area contributed by atoms with Crippen LogP contribution in [0.4, 0.5) is 0 Å². The van der Waals surface area contributed by atoms with Gasteiger partial charge in [0.05, 0.1) is 5.69 Å². The summed E-state index contributed by atoms with van der Waals surface area (Å²) in [6.07, 6.45) is 3.87. The first-order chi connectivity index (χ1) is 11.5. The molecule has 2 heterocycles. The summed E-state index contributed by atoms with van der Waals surface area (Å²) in [5.41, 5.74) is 7.26. The van der Waals surface area contributed by atoms with E-state index < -0.39 is 0 Å². The molecule has 0 bridgehead atoms. The molecule has 0 spiro atoms. The molecule has 0 saturated carbocycles. The van der Waals surface area contributed by atoms with Gasteiger partial charge >= 0.3 is 0 Å². The lowest BCUT2D eigenvalue weighted by atomic mass is 9.85. The zero-order valence-electron chi connectivity index (χ0n) is 14.5. The van der Waals surface area contributed by atoms with E-state index in [4.69, 9.17) is 0 Å². The molecule has 1 aliphatic rings. The van der Waals surface area contributed by atoms with E-state index in [1.54, 1.807) is 0 Å². The van der Waals surface area contributed by atoms with Crippen LogP contribution in [0.2, 0.25) is 0 Å². The zero-order valence-corrected chi connectivity index (χ0v) is 14.5. The number of phenols is 1. The minimum Gasteiger partial charge on any atom is -0.508 e. The second-order valence-electron chi connectivity index (χ2n) is 7.01. The van der Waals surface area contributed by atoms with E-state index in [1.165, 1.54) is 22.4 Å². The molecule has 24 heavy (non-hydrogen) atoms. The van der Waals surface area contributed by atoms with E-state index in [2.05, 4.69) is 55.4 Å². The minimum absolute atomic E-state index is 0.246. The molecule has 1 aromatic heterocycles. The number of fused-ring (bicyclic) bond motifs is 5. The topological polar surface area (TPSA) is 38.0 Å². The van der Waals surface area contributed by atoms with Gasteiger partial charge in [0.25, 0.3) is 0 Å². The Morgan fingerprint density at radius 2 is 2.00 bits per heavy atom. The average molecular weight is 318 g/mol. The number of phenolic OH excluding ortho intramolecular Hbond substituents is 1. The molecule has 3 nitrogen and oxygen atoms in total. The molecule has 0 radical (unpaired) electrons. The van der Waals surface area contributed by atoms with E-state index >= 15 is 0 Å². The molecule has 4 rings (SSSR count). The molecule has 122 valence electrons. The summed E-state index contributed by atoms with van der Waals surface area (Å²) in [4.78, 5) is 4.63. The maximum atomic E-state index is 10.1. The fraction of sp³-hybridized carbons (Fsp3) is 0.286. The van der Waals surface area contributed by atoms with Crippen LogP contribution in [-0.4, -0.2) is 14.7 Å². The predicted octanol–water partition coefficient (Wildman–Crippen LogP) is 5.14. The first-order valence-electron chi connectivity index (χ1n) is 8.49. The third kappa shape index (κ3) is 2.01. The van der Waals surface area contributed by atoms with Crippen molar-refractivity contribution in [1.29, 1.82) is 0 Å². The Balaban J connectivity index is 2.16. The highest BCUT2D eigenvalue weighted by Gasteiger charge is 2.28. The summed E-state index contributed by atoms with van der Waals surface area (Å²) >= 11 is 0. The number of benzene rings is 2. The van der Waals surface area contributed by atoms with Crippen LogP contribution in [0, 0.1) is 6.92 Å². The van der Waals surface area contributed by atoms with Crippen molar-refractivity contribution in [2.24, 2.45) is 0 Å². The number of aryl methyl sites for hydroxylation is 1. The van der Waals surface area contributed by atoms with Crippen LogP contribution in [0.5, 0.6) is 5.75 Å². The van der Waals surface area contributed by atoms with Gasteiger partial charge in [0, 0.05) is 23.9 Å².